The highest BCUT2D eigenvalue weighted by molar-refractivity contribution is 7.71. The summed E-state index contributed by atoms with van der Waals surface area (Å²) in [5.74, 6) is 0. The molecule has 0 atom stereocenters. The third-order valence-electron chi connectivity index (χ3n) is 2.24. The monoisotopic (exact) mass is 189 g/mol. The van der Waals surface area contributed by atoms with Crippen molar-refractivity contribution in [3.63, 3.8) is 0 Å². The summed E-state index contributed by atoms with van der Waals surface area (Å²) in [4.78, 5) is 0. The van der Waals surface area contributed by atoms with E-state index in [4.69, 9.17) is 12.2 Å². The highest BCUT2D eigenvalue weighted by Crippen LogP contribution is 2.16. The number of aryl methyl sites for hydroxylation is 2. The van der Waals surface area contributed by atoms with Crippen LogP contribution in [-0.2, 0) is 7.05 Å². The van der Waals surface area contributed by atoms with Gasteiger partial charge in [-0.25, -0.2) is 0 Å². The van der Waals surface area contributed by atoms with Gasteiger partial charge in [0.15, 0.2) is 0 Å². The van der Waals surface area contributed by atoms with Crippen molar-refractivity contribution in [2.75, 3.05) is 0 Å². The van der Waals surface area contributed by atoms with Gasteiger partial charge in [-0.05, 0) is 18.4 Å². The molecule has 0 aliphatic carbocycles. The van der Waals surface area contributed by atoms with E-state index >= 15 is 0 Å². The van der Waals surface area contributed by atoms with Crippen molar-refractivity contribution in [3.8, 4) is 0 Å². The fraction of sp³-hybridized carbons (Fsp3) is 0.182. The van der Waals surface area contributed by atoms with Gasteiger partial charge in [0, 0.05) is 18.6 Å². The minimum absolute atomic E-state index is 0.900. The molecular weight excluding hydrogens is 178 g/mol. The molecule has 66 valence electrons. The number of aromatic nitrogens is 1. The molecule has 2 aromatic rings. The van der Waals surface area contributed by atoms with Gasteiger partial charge in [-0.1, -0.05) is 36.0 Å². The minimum atomic E-state index is 0.900. The van der Waals surface area contributed by atoms with Gasteiger partial charge >= 0.3 is 0 Å². The van der Waals surface area contributed by atoms with Crippen LogP contribution in [0.15, 0.2) is 30.5 Å². The van der Waals surface area contributed by atoms with Crippen molar-refractivity contribution in [1.29, 1.82) is 0 Å². The number of pyridine rings is 1. The van der Waals surface area contributed by atoms with E-state index in [1.54, 1.807) is 0 Å². The molecule has 2 heteroatoms. The third kappa shape index (κ3) is 1.38. The molecule has 0 bridgehead atoms. The van der Waals surface area contributed by atoms with Gasteiger partial charge in [-0.2, -0.15) is 0 Å². The lowest BCUT2D eigenvalue weighted by molar-refractivity contribution is 0.899. The minimum Gasteiger partial charge on any atom is -0.342 e. The molecule has 0 saturated carbocycles. The first-order valence-electron chi connectivity index (χ1n) is 4.24. The molecule has 0 spiro atoms. The Morgan fingerprint density at radius 1 is 1.23 bits per heavy atom. The Labute approximate surface area is 82.6 Å². The maximum Gasteiger partial charge on any atom is 0.113 e. The molecule has 1 aromatic heterocycles. The largest absolute Gasteiger partial charge is 0.342 e. The SMILES string of the molecule is Cc1ccc2c(=S)n(C)ccc2c1. The van der Waals surface area contributed by atoms with Crippen LogP contribution in [-0.4, -0.2) is 4.57 Å². The fourth-order valence-electron chi connectivity index (χ4n) is 1.46. The Hall–Kier alpha value is -1.15. The van der Waals surface area contributed by atoms with Crippen LogP contribution in [0.3, 0.4) is 0 Å². The van der Waals surface area contributed by atoms with E-state index in [9.17, 15) is 0 Å². The first kappa shape index (κ1) is 8.45. The van der Waals surface area contributed by atoms with Gasteiger partial charge in [0.2, 0.25) is 0 Å². The average Bonchev–Trinajstić information content (AvgIpc) is 2.12. The van der Waals surface area contributed by atoms with Gasteiger partial charge in [0.05, 0.1) is 0 Å². The molecule has 0 saturated heterocycles. The molecular formula is C11H11NS. The number of rotatable bonds is 0. The molecule has 0 aliphatic rings. The van der Waals surface area contributed by atoms with Crippen molar-refractivity contribution < 1.29 is 0 Å². The smallest absolute Gasteiger partial charge is 0.113 e. The molecule has 0 fully saturated rings. The van der Waals surface area contributed by atoms with Crippen LogP contribution in [0.5, 0.6) is 0 Å². The first-order chi connectivity index (χ1) is 6.18. The van der Waals surface area contributed by atoms with Crippen molar-refractivity contribution in [2.45, 2.75) is 6.92 Å². The fourth-order valence-corrected chi connectivity index (χ4v) is 1.71. The molecule has 0 radical (unpaired) electrons. The van der Waals surface area contributed by atoms with Gasteiger partial charge < -0.3 is 4.57 Å². The molecule has 1 nitrogen and oxygen atoms in total. The molecule has 1 aromatic carbocycles. The number of hydrogen-bond donors (Lipinski definition) is 0. The lowest BCUT2D eigenvalue weighted by Gasteiger charge is -2.03. The summed E-state index contributed by atoms with van der Waals surface area (Å²) in [6.45, 7) is 2.09. The van der Waals surface area contributed by atoms with Crippen LogP contribution in [0, 0.1) is 11.6 Å². The van der Waals surface area contributed by atoms with E-state index in [2.05, 4.69) is 31.2 Å². The summed E-state index contributed by atoms with van der Waals surface area (Å²) in [5.41, 5.74) is 1.27. The summed E-state index contributed by atoms with van der Waals surface area (Å²) in [6.07, 6.45) is 2.00. The van der Waals surface area contributed by atoms with Crippen molar-refractivity contribution in [2.24, 2.45) is 7.05 Å². The van der Waals surface area contributed by atoms with Gasteiger partial charge in [0.25, 0.3) is 0 Å². The maximum absolute atomic E-state index is 5.30. The van der Waals surface area contributed by atoms with E-state index in [1.165, 1.54) is 10.9 Å². The Balaban J connectivity index is 2.95. The number of hydrogen-bond acceptors (Lipinski definition) is 1. The molecule has 0 aliphatic heterocycles. The third-order valence-corrected chi connectivity index (χ3v) is 2.74. The summed E-state index contributed by atoms with van der Waals surface area (Å²) in [5, 5.41) is 2.38. The van der Waals surface area contributed by atoms with E-state index in [-0.39, 0.29) is 0 Å². The predicted molar refractivity (Wildman–Crippen MR) is 58.5 cm³/mol. The van der Waals surface area contributed by atoms with Crippen LogP contribution in [0.4, 0.5) is 0 Å². The summed E-state index contributed by atoms with van der Waals surface area (Å²) in [7, 11) is 1.97. The van der Waals surface area contributed by atoms with Crippen LogP contribution >= 0.6 is 12.2 Å². The Bertz CT molecular complexity index is 511. The van der Waals surface area contributed by atoms with Crippen LogP contribution in [0.25, 0.3) is 10.8 Å². The normalized spacial score (nSPS) is 10.6. The molecule has 13 heavy (non-hydrogen) atoms. The highest BCUT2D eigenvalue weighted by Gasteiger charge is 1.96. The Morgan fingerprint density at radius 2 is 2.00 bits per heavy atom. The molecule has 0 N–H and O–H groups in total. The van der Waals surface area contributed by atoms with Crippen LogP contribution < -0.4 is 0 Å². The Kier molecular flexibility index (Phi) is 1.93. The zero-order valence-electron chi connectivity index (χ0n) is 7.74. The van der Waals surface area contributed by atoms with Gasteiger partial charge in [-0.15, -0.1) is 0 Å². The van der Waals surface area contributed by atoms with Crippen molar-refractivity contribution in [3.05, 3.63) is 40.7 Å². The van der Waals surface area contributed by atoms with E-state index in [1.807, 2.05) is 17.8 Å². The van der Waals surface area contributed by atoms with E-state index in [0.29, 0.717) is 0 Å². The first-order valence-corrected chi connectivity index (χ1v) is 4.65. The van der Waals surface area contributed by atoms with E-state index in [0.717, 1.165) is 10.0 Å². The second-order valence-corrected chi connectivity index (χ2v) is 3.71. The standard InChI is InChI=1S/C11H11NS/c1-8-3-4-10-9(7-8)5-6-12(2)11(10)13/h3-7H,1-2H3. The van der Waals surface area contributed by atoms with Crippen LogP contribution in [0.1, 0.15) is 5.56 Å². The quantitative estimate of drug-likeness (QED) is 0.576. The Morgan fingerprint density at radius 3 is 2.77 bits per heavy atom. The predicted octanol–water partition coefficient (Wildman–Crippen LogP) is 3.22. The molecule has 1 heterocycles. The van der Waals surface area contributed by atoms with Crippen molar-refractivity contribution in [1.82, 2.24) is 4.57 Å². The lowest BCUT2D eigenvalue weighted by Crippen LogP contribution is -1.91. The van der Waals surface area contributed by atoms with E-state index < -0.39 is 0 Å². The topological polar surface area (TPSA) is 4.93 Å². The maximum atomic E-state index is 5.30. The molecule has 0 unspecified atom stereocenters. The highest BCUT2D eigenvalue weighted by atomic mass is 32.1. The average molecular weight is 189 g/mol. The van der Waals surface area contributed by atoms with Gasteiger partial charge in [0.1, 0.15) is 4.64 Å². The van der Waals surface area contributed by atoms with Crippen LogP contribution in [0.2, 0.25) is 0 Å². The lowest BCUT2D eigenvalue weighted by atomic mass is 10.1. The second-order valence-electron chi connectivity index (χ2n) is 3.32. The number of nitrogens with zero attached hydrogens (tertiary/aromatic N) is 1. The summed E-state index contributed by atoms with van der Waals surface area (Å²) in [6, 6.07) is 8.44. The van der Waals surface area contributed by atoms with Gasteiger partial charge in [-0.3, -0.25) is 0 Å². The summed E-state index contributed by atoms with van der Waals surface area (Å²) >= 11 is 5.30. The van der Waals surface area contributed by atoms with Crippen molar-refractivity contribution >= 4 is 23.0 Å². The second kappa shape index (κ2) is 2.96. The number of fused-ring (bicyclic) bond motifs is 1. The number of benzene rings is 1. The summed E-state index contributed by atoms with van der Waals surface area (Å²) < 4.78 is 2.87. The molecule has 2 rings (SSSR count). The zero-order chi connectivity index (χ0) is 9.42. The zero-order valence-corrected chi connectivity index (χ0v) is 8.56. The molecule has 0 amide bonds.